The highest BCUT2D eigenvalue weighted by Gasteiger charge is 2.71. The van der Waals surface area contributed by atoms with Crippen LogP contribution in [-0.4, -0.2) is 76.1 Å². The topological polar surface area (TPSA) is 90.4 Å². The number of ether oxygens (including phenoxy) is 1. The number of carbonyl (C=O) groups is 3. The Balaban J connectivity index is 1.42. The zero-order valence-electron chi connectivity index (χ0n) is 24.4. The zero-order valence-corrected chi connectivity index (χ0v) is 25.2. The number of aryl methyl sites for hydroxylation is 2. The van der Waals surface area contributed by atoms with Crippen molar-refractivity contribution in [2.75, 3.05) is 36.1 Å². The first kappa shape index (κ1) is 28.6. The number of nitrogens with zero attached hydrogens (tertiary/aromatic N) is 3. The Hall–Kier alpha value is -3.56. The third-order valence-electron chi connectivity index (χ3n) is 8.95. The van der Waals surface area contributed by atoms with Crippen LogP contribution in [0.5, 0.6) is 5.75 Å². The first-order valence-corrected chi connectivity index (χ1v) is 15.5. The van der Waals surface area contributed by atoms with Gasteiger partial charge < -0.3 is 24.5 Å². The molecule has 8 nitrogen and oxygen atoms in total. The number of fused-ring (bicyclic) bond motifs is 2. The van der Waals surface area contributed by atoms with Crippen LogP contribution in [0.2, 0.25) is 0 Å². The van der Waals surface area contributed by atoms with E-state index in [0.29, 0.717) is 19.7 Å². The van der Waals surface area contributed by atoms with E-state index in [0.717, 1.165) is 28.3 Å². The summed E-state index contributed by atoms with van der Waals surface area (Å²) in [5, 5.41) is 9.96. The standard InChI is InChI=1S/C33H37N3O5S/c1-5-41-24-13-11-23(12-14-24)34-16-6-8-26-27(30(34)38)28-31(39)36(22(4)19-37)29-32(40)35(17-7-15-33(28,29)42-26)25-18-20(2)9-10-21(25)3/h6-15,18,22,26-29,37H,5,16-17,19H2,1-4H3/t22-,26-,27+,28+,29?,33+/m1/s1. The van der Waals surface area contributed by atoms with Gasteiger partial charge in [0.2, 0.25) is 11.8 Å². The second kappa shape index (κ2) is 10.9. The van der Waals surface area contributed by atoms with Crippen molar-refractivity contribution in [1.82, 2.24) is 4.90 Å². The van der Waals surface area contributed by atoms with E-state index in [1.54, 1.807) is 33.4 Å². The summed E-state index contributed by atoms with van der Waals surface area (Å²) in [6.45, 7) is 8.68. The summed E-state index contributed by atoms with van der Waals surface area (Å²) >= 11 is 1.54. The van der Waals surface area contributed by atoms with Crippen molar-refractivity contribution < 1.29 is 24.2 Å². The van der Waals surface area contributed by atoms with Gasteiger partial charge >= 0.3 is 0 Å². The summed E-state index contributed by atoms with van der Waals surface area (Å²) in [6.07, 6.45) is 8.01. The van der Waals surface area contributed by atoms with Crippen molar-refractivity contribution in [2.24, 2.45) is 11.8 Å². The summed E-state index contributed by atoms with van der Waals surface area (Å²) < 4.78 is 4.64. The molecule has 0 aromatic heterocycles. The highest BCUT2D eigenvalue weighted by atomic mass is 32.2. The minimum atomic E-state index is -0.943. The molecular formula is C33H37N3O5S. The molecule has 1 spiro atoms. The van der Waals surface area contributed by atoms with Crippen LogP contribution >= 0.6 is 11.8 Å². The maximum Gasteiger partial charge on any atom is 0.251 e. The number of hydrogen-bond donors (Lipinski definition) is 1. The van der Waals surface area contributed by atoms with Gasteiger partial charge in [-0.1, -0.05) is 36.4 Å². The summed E-state index contributed by atoms with van der Waals surface area (Å²) in [4.78, 5) is 48.5. The Kier molecular flexibility index (Phi) is 7.43. The Labute approximate surface area is 251 Å². The number of hydrogen-bond acceptors (Lipinski definition) is 6. The van der Waals surface area contributed by atoms with E-state index < -0.39 is 28.7 Å². The number of amides is 3. The molecule has 42 heavy (non-hydrogen) atoms. The SMILES string of the molecule is CCOc1ccc(N2CC=C[C@H]3S[C@]45C=CCN(c6cc(C)ccc6C)C(=O)C4N([C@H](C)CO)C(=O)[C@@H]5[C@H]3C2=O)cc1. The van der Waals surface area contributed by atoms with Gasteiger partial charge in [-0.15, -0.1) is 11.8 Å². The number of rotatable bonds is 6. The Morgan fingerprint density at radius 1 is 1.00 bits per heavy atom. The molecule has 0 saturated carbocycles. The molecule has 9 heteroatoms. The Morgan fingerprint density at radius 3 is 2.45 bits per heavy atom. The monoisotopic (exact) mass is 587 g/mol. The third kappa shape index (κ3) is 4.36. The Morgan fingerprint density at radius 2 is 1.74 bits per heavy atom. The number of likely N-dealkylation sites (tertiary alicyclic amines) is 1. The van der Waals surface area contributed by atoms with Crippen molar-refractivity contribution in [3.63, 3.8) is 0 Å². The molecule has 220 valence electrons. The highest BCUT2D eigenvalue weighted by Crippen LogP contribution is 2.61. The van der Waals surface area contributed by atoms with E-state index in [4.69, 9.17) is 4.74 Å². The molecule has 1 unspecified atom stereocenters. The fourth-order valence-electron chi connectivity index (χ4n) is 6.99. The molecule has 1 N–H and O–H groups in total. The average molecular weight is 588 g/mol. The van der Waals surface area contributed by atoms with Crippen molar-refractivity contribution in [3.8, 4) is 5.75 Å². The van der Waals surface area contributed by atoms with Gasteiger partial charge in [-0.05, 0) is 69.2 Å². The molecule has 4 aliphatic heterocycles. The van der Waals surface area contributed by atoms with Gasteiger partial charge in [-0.3, -0.25) is 14.4 Å². The molecular weight excluding hydrogens is 550 g/mol. The van der Waals surface area contributed by atoms with Gasteiger partial charge in [0.05, 0.1) is 35.8 Å². The van der Waals surface area contributed by atoms with Crippen molar-refractivity contribution in [2.45, 2.75) is 49.8 Å². The van der Waals surface area contributed by atoms with Crippen LogP contribution in [0.4, 0.5) is 11.4 Å². The highest BCUT2D eigenvalue weighted by molar-refractivity contribution is 8.02. The molecule has 2 saturated heterocycles. The molecule has 0 radical (unpaired) electrons. The van der Waals surface area contributed by atoms with Gasteiger partial charge in [0.25, 0.3) is 5.91 Å². The third-order valence-corrected chi connectivity index (χ3v) is 10.7. The normalized spacial score (nSPS) is 29.3. The van der Waals surface area contributed by atoms with E-state index in [2.05, 4.69) is 0 Å². The molecule has 6 atom stereocenters. The second-order valence-corrected chi connectivity index (χ2v) is 13.1. The predicted molar refractivity (Wildman–Crippen MR) is 165 cm³/mol. The van der Waals surface area contributed by atoms with Crippen LogP contribution in [-0.2, 0) is 14.4 Å². The molecule has 4 aliphatic rings. The quantitative estimate of drug-likeness (QED) is 0.516. The maximum absolute atomic E-state index is 14.6. The minimum absolute atomic E-state index is 0.134. The fourth-order valence-corrected chi connectivity index (χ4v) is 8.98. The number of anilines is 2. The van der Waals surface area contributed by atoms with Crippen LogP contribution in [0.25, 0.3) is 0 Å². The fraction of sp³-hybridized carbons (Fsp3) is 0.424. The molecule has 2 fully saturated rings. The lowest BCUT2D eigenvalue weighted by Gasteiger charge is -2.37. The van der Waals surface area contributed by atoms with Crippen molar-refractivity contribution in [3.05, 3.63) is 77.9 Å². The zero-order chi connectivity index (χ0) is 29.8. The van der Waals surface area contributed by atoms with E-state index in [1.807, 2.05) is 87.5 Å². The van der Waals surface area contributed by atoms with E-state index in [1.165, 1.54) is 0 Å². The minimum Gasteiger partial charge on any atom is -0.494 e. The maximum atomic E-state index is 14.6. The first-order valence-electron chi connectivity index (χ1n) is 14.6. The van der Waals surface area contributed by atoms with Crippen LogP contribution in [0.1, 0.15) is 25.0 Å². The average Bonchev–Trinajstić information content (AvgIpc) is 3.30. The van der Waals surface area contributed by atoms with Gasteiger partial charge in [0.15, 0.2) is 0 Å². The molecule has 0 bridgehead atoms. The largest absolute Gasteiger partial charge is 0.494 e. The predicted octanol–water partition coefficient (Wildman–Crippen LogP) is 3.89. The molecule has 3 amide bonds. The molecule has 2 aromatic rings. The van der Waals surface area contributed by atoms with Gasteiger partial charge in [-0.2, -0.15) is 0 Å². The van der Waals surface area contributed by atoms with E-state index in [9.17, 15) is 19.5 Å². The van der Waals surface area contributed by atoms with E-state index in [-0.39, 0.29) is 29.6 Å². The Bertz CT molecular complexity index is 1470. The summed E-state index contributed by atoms with van der Waals surface area (Å²) in [6, 6.07) is 12.0. The molecule has 2 aromatic carbocycles. The number of benzene rings is 2. The number of thioether (sulfide) groups is 1. The number of aliphatic hydroxyl groups excluding tert-OH is 1. The van der Waals surface area contributed by atoms with Gasteiger partial charge in [0, 0.05) is 29.7 Å². The van der Waals surface area contributed by atoms with Gasteiger partial charge in [-0.25, -0.2) is 0 Å². The lowest BCUT2D eigenvalue weighted by molar-refractivity contribution is -0.141. The van der Waals surface area contributed by atoms with Crippen LogP contribution in [0, 0.1) is 25.7 Å². The summed E-state index contributed by atoms with van der Waals surface area (Å²) in [7, 11) is 0. The van der Waals surface area contributed by atoms with Gasteiger partial charge in [0.1, 0.15) is 11.8 Å². The molecule has 6 rings (SSSR count). The number of aliphatic hydroxyl groups is 1. The van der Waals surface area contributed by atoms with Crippen molar-refractivity contribution >= 4 is 40.9 Å². The number of carbonyl (C=O) groups excluding carboxylic acids is 3. The summed E-state index contributed by atoms with van der Waals surface area (Å²) in [5.41, 5.74) is 3.55. The smallest absolute Gasteiger partial charge is 0.251 e. The van der Waals surface area contributed by atoms with Crippen LogP contribution in [0.3, 0.4) is 0 Å². The van der Waals surface area contributed by atoms with Crippen molar-refractivity contribution in [1.29, 1.82) is 0 Å². The second-order valence-electron chi connectivity index (χ2n) is 11.6. The lowest BCUT2D eigenvalue weighted by atomic mass is 9.78. The summed E-state index contributed by atoms with van der Waals surface area (Å²) in [5.74, 6) is -1.25. The van der Waals surface area contributed by atoms with E-state index >= 15 is 0 Å². The molecule has 4 heterocycles. The lowest BCUT2D eigenvalue weighted by Crippen LogP contribution is -2.56. The first-order chi connectivity index (χ1) is 20.2. The van der Waals surface area contributed by atoms with Crippen LogP contribution < -0.4 is 14.5 Å². The van der Waals surface area contributed by atoms with Crippen LogP contribution in [0.15, 0.2) is 66.8 Å². The molecule has 0 aliphatic carbocycles.